The van der Waals surface area contributed by atoms with Crippen molar-refractivity contribution in [2.75, 3.05) is 13.2 Å². The van der Waals surface area contributed by atoms with Crippen LogP contribution in [-0.4, -0.2) is 37.1 Å². The lowest BCUT2D eigenvalue weighted by Crippen LogP contribution is -2.10. The van der Waals surface area contributed by atoms with E-state index in [2.05, 4.69) is 133 Å². The van der Waals surface area contributed by atoms with Gasteiger partial charge in [-0.1, -0.05) is 121 Å². The smallest absolute Gasteiger partial charge is 0.217 e. The predicted octanol–water partition coefficient (Wildman–Crippen LogP) is 8.44. The zero-order valence-electron chi connectivity index (χ0n) is 24.4. The molecule has 0 unspecified atom stereocenters. The van der Waals surface area contributed by atoms with E-state index in [1.54, 1.807) is 0 Å². The maximum Gasteiger partial charge on any atom is 0.217 e. The molecule has 0 fully saturated rings. The molecule has 0 amide bonds. The third-order valence-corrected chi connectivity index (χ3v) is 8.62. The van der Waals surface area contributed by atoms with E-state index in [0.29, 0.717) is 25.0 Å². The minimum absolute atomic E-state index is 0.0694. The first kappa shape index (κ1) is 26.4. The molecular weight excluding hydrogens is 540 g/mol. The quantitative estimate of drug-likeness (QED) is 0.193. The van der Waals surface area contributed by atoms with Crippen LogP contribution in [0.25, 0.3) is 32.7 Å². The molecule has 8 rings (SSSR count). The van der Waals surface area contributed by atoms with Crippen molar-refractivity contribution in [2.45, 2.75) is 24.9 Å². The van der Waals surface area contributed by atoms with Crippen LogP contribution in [0.4, 0.5) is 0 Å². The molecule has 4 heteroatoms. The van der Waals surface area contributed by atoms with E-state index in [4.69, 9.17) is 19.5 Å². The van der Waals surface area contributed by atoms with Crippen molar-refractivity contribution in [3.8, 4) is 11.1 Å². The summed E-state index contributed by atoms with van der Waals surface area (Å²) in [6.45, 7) is 1.13. The number of hydrogen-bond acceptors (Lipinski definition) is 4. The number of nitrogens with zero attached hydrogens (tertiary/aromatic N) is 2. The van der Waals surface area contributed by atoms with Crippen LogP contribution in [-0.2, 0) is 22.3 Å². The van der Waals surface area contributed by atoms with Gasteiger partial charge >= 0.3 is 0 Å². The Hall–Kier alpha value is -5.22. The van der Waals surface area contributed by atoms with Gasteiger partial charge in [0.1, 0.15) is 13.2 Å². The van der Waals surface area contributed by atoms with E-state index in [1.165, 1.54) is 21.9 Å². The molecule has 0 aliphatic carbocycles. The Bertz CT molecular complexity index is 1880. The average Bonchev–Trinajstić information content (AvgIpc) is 3.74. The van der Waals surface area contributed by atoms with Gasteiger partial charge in [0.25, 0.3) is 0 Å². The molecule has 0 bridgehead atoms. The molecule has 6 aromatic rings. The third-order valence-electron chi connectivity index (χ3n) is 8.62. The normalized spacial score (nSPS) is 17.7. The van der Waals surface area contributed by atoms with Gasteiger partial charge in [0.05, 0.1) is 12.1 Å². The molecule has 6 aromatic carbocycles. The van der Waals surface area contributed by atoms with Crippen molar-refractivity contribution in [1.29, 1.82) is 0 Å². The molecule has 2 heterocycles. The van der Waals surface area contributed by atoms with Gasteiger partial charge < -0.3 is 9.47 Å². The number of aliphatic imine (C=N–C) groups is 2. The topological polar surface area (TPSA) is 43.2 Å². The summed E-state index contributed by atoms with van der Waals surface area (Å²) in [5.41, 5.74) is 6.73. The number of fused-ring (bicyclic) bond motifs is 2. The van der Waals surface area contributed by atoms with Crippen molar-refractivity contribution in [3.05, 3.63) is 156 Å². The molecule has 0 spiro atoms. The van der Waals surface area contributed by atoms with Crippen molar-refractivity contribution in [1.82, 2.24) is 0 Å². The van der Waals surface area contributed by atoms with Crippen LogP contribution >= 0.6 is 0 Å². The van der Waals surface area contributed by atoms with Gasteiger partial charge in [0.2, 0.25) is 11.8 Å². The fourth-order valence-corrected chi connectivity index (χ4v) is 6.55. The lowest BCUT2D eigenvalue weighted by Gasteiger charge is -2.19. The summed E-state index contributed by atoms with van der Waals surface area (Å²) >= 11 is 0. The van der Waals surface area contributed by atoms with Crippen LogP contribution in [0.15, 0.2) is 143 Å². The molecule has 0 aromatic heterocycles. The summed E-state index contributed by atoms with van der Waals surface area (Å²) in [5, 5.41) is 4.64. The second kappa shape index (κ2) is 11.5. The average molecular weight is 573 g/mol. The van der Waals surface area contributed by atoms with Gasteiger partial charge in [-0.05, 0) is 57.6 Å². The Labute approximate surface area is 257 Å². The lowest BCUT2D eigenvalue weighted by molar-refractivity contribution is 0.316. The van der Waals surface area contributed by atoms with E-state index in [9.17, 15) is 0 Å². The zero-order valence-corrected chi connectivity index (χ0v) is 24.4. The molecule has 4 nitrogen and oxygen atoms in total. The maximum absolute atomic E-state index is 6.38. The van der Waals surface area contributed by atoms with Gasteiger partial charge in [-0.3, -0.25) is 0 Å². The first-order valence-electron chi connectivity index (χ1n) is 15.3. The first-order chi connectivity index (χ1) is 21.8. The number of hydrogen-bond donors (Lipinski definition) is 0. The number of rotatable bonds is 7. The molecule has 0 radical (unpaired) electrons. The fraction of sp³-hybridized carbons (Fsp3) is 0.150. The molecule has 0 saturated carbocycles. The predicted molar refractivity (Wildman–Crippen MR) is 180 cm³/mol. The van der Waals surface area contributed by atoms with Crippen LogP contribution in [0.2, 0.25) is 0 Å². The van der Waals surface area contributed by atoms with Crippen LogP contribution in [0, 0.1) is 0 Å². The van der Waals surface area contributed by atoms with E-state index < -0.39 is 0 Å². The molecule has 2 atom stereocenters. The SMILES string of the molecule is c1ccc(C[C@H]2COC(c3ccc4ccccc4c3-c3c(C4=N[C@@H](Cc5ccccc5)CO4)ccc4ccccc34)=N2)cc1. The molecular formula is C40H32N2O2. The maximum atomic E-state index is 6.38. The Morgan fingerprint density at radius 1 is 0.455 bits per heavy atom. The molecule has 0 saturated heterocycles. The van der Waals surface area contributed by atoms with E-state index in [1.807, 2.05) is 0 Å². The van der Waals surface area contributed by atoms with Crippen LogP contribution in [0.1, 0.15) is 22.3 Å². The Morgan fingerprint density at radius 3 is 1.32 bits per heavy atom. The monoisotopic (exact) mass is 572 g/mol. The largest absolute Gasteiger partial charge is 0.475 e. The minimum Gasteiger partial charge on any atom is -0.475 e. The zero-order chi connectivity index (χ0) is 29.3. The van der Waals surface area contributed by atoms with Crippen LogP contribution in [0.5, 0.6) is 0 Å². The highest BCUT2D eigenvalue weighted by molar-refractivity contribution is 6.19. The molecule has 0 N–H and O–H groups in total. The van der Waals surface area contributed by atoms with Crippen molar-refractivity contribution >= 4 is 33.3 Å². The fourth-order valence-electron chi connectivity index (χ4n) is 6.55. The van der Waals surface area contributed by atoms with Crippen LogP contribution < -0.4 is 0 Å². The van der Waals surface area contributed by atoms with Gasteiger partial charge in [0, 0.05) is 22.3 Å². The highest BCUT2D eigenvalue weighted by atomic mass is 16.5. The van der Waals surface area contributed by atoms with Crippen molar-refractivity contribution < 1.29 is 9.47 Å². The molecule has 44 heavy (non-hydrogen) atoms. The Morgan fingerprint density at radius 2 is 0.864 bits per heavy atom. The highest BCUT2D eigenvalue weighted by Crippen LogP contribution is 2.41. The van der Waals surface area contributed by atoms with E-state index in [0.717, 1.165) is 45.9 Å². The highest BCUT2D eigenvalue weighted by Gasteiger charge is 2.29. The van der Waals surface area contributed by atoms with Gasteiger partial charge in [-0.25, -0.2) is 9.98 Å². The third kappa shape index (κ3) is 5.03. The van der Waals surface area contributed by atoms with Crippen molar-refractivity contribution in [2.24, 2.45) is 9.98 Å². The summed E-state index contributed by atoms with van der Waals surface area (Å²) < 4.78 is 12.8. The second-order valence-electron chi connectivity index (χ2n) is 11.6. The minimum atomic E-state index is 0.0694. The molecule has 2 aliphatic rings. The molecule has 214 valence electrons. The summed E-state index contributed by atoms with van der Waals surface area (Å²) in [7, 11) is 0. The van der Waals surface area contributed by atoms with Gasteiger partial charge in [0.15, 0.2) is 0 Å². The van der Waals surface area contributed by atoms with Crippen LogP contribution in [0.3, 0.4) is 0 Å². The van der Waals surface area contributed by atoms with Gasteiger partial charge in [-0.2, -0.15) is 0 Å². The van der Waals surface area contributed by atoms with E-state index in [-0.39, 0.29) is 12.1 Å². The Kier molecular flexibility index (Phi) is 6.88. The Balaban J connectivity index is 1.29. The summed E-state index contributed by atoms with van der Waals surface area (Å²) in [6, 6.07) is 47.0. The number of ether oxygens (including phenoxy) is 2. The standard InChI is InChI=1S/C40H32N2O2/c1-3-11-27(12-4-1)23-31-25-43-39(41-31)35-21-19-29-15-7-9-17-33(29)37(35)38-34-18-10-8-16-30(34)20-22-36(38)40-42-32(26-44-40)24-28-13-5-2-6-14-28/h1-22,31-32H,23-26H2/t31-,32-/m0/s1. The summed E-state index contributed by atoms with van der Waals surface area (Å²) in [5.74, 6) is 1.39. The van der Waals surface area contributed by atoms with Gasteiger partial charge in [-0.15, -0.1) is 0 Å². The first-order valence-corrected chi connectivity index (χ1v) is 15.3. The summed E-state index contributed by atoms with van der Waals surface area (Å²) in [6.07, 6.45) is 1.69. The van der Waals surface area contributed by atoms with E-state index >= 15 is 0 Å². The second-order valence-corrected chi connectivity index (χ2v) is 11.6. The summed E-state index contributed by atoms with van der Waals surface area (Å²) in [4.78, 5) is 10.3. The van der Waals surface area contributed by atoms with Crippen molar-refractivity contribution in [3.63, 3.8) is 0 Å². The lowest BCUT2D eigenvalue weighted by atomic mass is 9.87. The number of benzene rings is 6. The molecule has 2 aliphatic heterocycles.